The smallest absolute Gasteiger partial charge is 0.254 e. The van der Waals surface area contributed by atoms with Crippen molar-refractivity contribution < 1.29 is 4.79 Å². The van der Waals surface area contributed by atoms with Crippen LogP contribution in [0.1, 0.15) is 39.8 Å². The Balaban J connectivity index is 1.55. The third-order valence-corrected chi connectivity index (χ3v) is 6.51. The molecule has 4 aromatic rings. The monoisotopic (exact) mass is 470 g/mol. The molecule has 0 saturated heterocycles. The van der Waals surface area contributed by atoms with Gasteiger partial charge in [-0.2, -0.15) is 10.2 Å². The Hall–Kier alpha value is -4.01. The number of amidine groups is 1. The van der Waals surface area contributed by atoms with E-state index < -0.39 is 0 Å². The average Bonchev–Trinajstić information content (AvgIpc) is 3.59. The number of amides is 1. The first-order valence-electron chi connectivity index (χ1n) is 11.9. The zero-order valence-corrected chi connectivity index (χ0v) is 20.8. The van der Waals surface area contributed by atoms with Gasteiger partial charge in [-0.25, -0.2) is 4.98 Å². The highest BCUT2D eigenvalue weighted by Gasteiger charge is 2.21. The number of hydrogen-bond donors (Lipinski definition) is 1. The van der Waals surface area contributed by atoms with Gasteiger partial charge in [0.25, 0.3) is 5.91 Å². The third-order valence-electron chi connectivity index (χ3n) is 6.51. The highest BCUT2D eigenvalue weighted by atomic mass is 16.2. The Morgan fingerprint density at radius 2 is 2.00 bits per heavy atom. The van der Waals surface area contributed by atoms with Crippen molar-refractivity contribution in [1.82, 2.24) is 34.8 Å². The van der Waals surface area contributed by atoms with Crippen molar-refractivity contribution in [2.24, 2.45) is 12.0 Å². The molecule has 0 bridgehead atoms. The topological polar surface area (TPSA) is 93.2 Å². The molecule has 0 spiro atoms. The molecule has 1 aliphatic heterocycles. The fourth-order valence-electron chi connectivity index (χ4n) is 4.52. The summed E-state index contributed by atoms with van der Waals surface area (Å²) in [6, 6.07) is 9.83. The minimum absolute atomic E-state index is 0.0640. The molecule has 9 nitrogen and oxygen atoms in total. The predicted molar refractivity (Wildman–Crippen MR) is 137 cm³/mol. The molecule has 0 aliphatic carbocycles. The van der Waals surface area contributed by atoms with Crippen LogP contribution >= 0.6 is 0 Å². The number of aromatic nitrogens is 5. The molecular weight excluding hydrogens is 440 g/mol. The van der Waals surface area contributed by atoms with E-state index in [1.54, 1.807) is 9.58 Å². The number of nitrogens with zero attached hydrogens (tertiary/aromatic N) is 7. The molecule has 1 amide bonds. The van der Waals surface area contributed by atoms with Crippen LogP contribution < -0.4 is 5.32 Å². The number of benzene rings is 1. The highest BCUT2D eigenvalue weighted by Crippen LogP contribution is 2.27. The van der Waals surface area contributed by atoms with Crippen molar-refractivity contribution in [2.75, 3.05) is 20.1 Å². The van der Waals surface area contributed by atoms with Gasteiger partial charge >= 0.3 is 0 Å². The van der Waals surface area contributed by atoms with Crippen LogP contribution in [0.4, 0.5) is 0 Å². The van der Waals surface area contributed by atoms with Gasteiger partial charge in [-0.1, -0.05) is 11.6 Å². The number of carbonyl (C=O) groups excluding carboxylic acids is 1. The maximum atomic E-state index is 13.7. The zero-order chi connectivity index (χ0) is 24.7. The number of aliphatic imine (C=N–C) groups is 1. The third kappa shape index (κ3) is 4.18. The van der Waals surface area contributed by atoms with Crippen molar-refractivity contribution in [1.29, 1.82) is 0 Å². The van der Waals surface area contributed by atoms with Gasteiger partial charge in [-0.05, 0) is 45.0 Å². The van der Waals surface area contributed by atoms with Crippen molar-refractivity contribution in [3.63, 3.8) is 0 Å². The van der Waals surface area contributed by atoms with Crippen LogP contribution in [-0.2, 0) is 20.1 Å². The van der Waals surface area contributed by atoms with Crippen LogP contribution in [-0.4, -0.2) is 61.3 Å². The lowest BCUT2D eigenvalue weighted by atomic mass is 10.0. The Morgan fingerprint density at radius 3 is 2.71 bits per heavy atom. The number of pyridine rings is 1. The summed E-state index contributed by atoms with van der Waals surface area (Å²) in [4.78, 5) is 24.9. The number of rotatable bonds is 6. The van der Waals surface area contributed by atoms with Gasteiger partial charge in [0.2, 0.25) is 0 Å². The summed E-state index contributed by atoms with van der Waals surface area (Å²) in [6.45, 7) is 8.98. The van der Waals surface area contributed by atoms with E-state index in [2.05, 4.69) is 27.4 Å². The first kappa shape index (κ1) is 22.8. The van der Waals surface area contributed by atoms with E-state index in [-0.39, 0.29) is 5.91 Å². The normalized spacial score (nSPS) is 13.2. The molecule has 1 aliphatic rings. The lowest BCUT2D eigenvalue weighted by molar-refractivity contribution is 0.0787. The molecule has 35 heavy (non-hydrogen) atoms. The van der Waals surface area contributed by atoms with E-state index in [0.717, 1.165) is 58.9 Å². The fourth-order valence-corrected chi connectivity index (χ4v) is 4.52. The molecule has 3 aromatic heterocycles. The molecule has 9 heteroatoms. The SMILES string of the molecule is CCn1ncc(CN(C)C(=O)c2cc(-c3cc(C4=NCCN4)n(C)n3)nc3ccc(C)cc23)c1C. The number of carbonyl (C=O) groups is 1. The van der Waals surface area contributed by atoms with Crippen molar-refractivity contribution >= 4 is 22.6 Å². The van der Waals surface area contributed by atoms with Crippen molar-refractivity contribution in [3.8, 4) is 11.4 Å². The van der Waals surface area contributed by atoms with Gasteiger partial charge in [0.1, 0.15) is 17.2 Å². The van der Waals surface area contributed by atoms with Crippen LogP contribution in [0, 0.1) is 13.8 Å². The summed E-state index contributed by atoms with van der Waals surface area (Å²) in [7, 11) is 3.72. The van der Waals surface area contributed by atoms with Crippen LogP contribution in [0.5, 0.6) is 0 Å². The molecular formula is C26H30N8O. The second-order valence-corrected chi connectivity index (χ2v) is 9.00. The van der Waals surface area contributed by atoms with Crippen molar-refractivity contribution in [2.45, 2.75) is 33.9 Å². The summed E-state index contributed by atoms with van der Waals surface area (Å²) in [5, 5.41) is 13.2. The molecule has 1 aromatic carbocycles. The molecule has 4 heterocycles. The predicted octanol–water partition coefficient (Wildman–Crippen LogP) is 3.09. The van der Waals surface area contributed by atoms with E-state index in [4.69, 9.17) is 4.98 Å². The second-order valence-electron chi connectivity index (χ2n) is 9.00. The first-order valence-corrected chi connectivity index (χ1v) is 11.9. The van der Waals surface area contributed by atoms with Gasteiger partial charge < -0.3 is 10.2 Å². The van der Waals surface area contributed by atoms with E-state index in [0.29, 0.717) is 23.5 Å². The number of aryl methyl sites for hydroxylation is 3. The standard InChI is InChI=1S/C26H30N8O/c1-6-34-17(3)18(14-29-34)15-32(4)26(35)20-12-22(30-21-8-7-16(2)11-19(20)21)23-13-24(33(5)31-23)25-27-9-10-28-25/h7-8,11-14H,6,9-10,15H2,1-5H3,(H,27,28). The Labute approximate surface area is 204 Å². The van der Waals surface area contributed by atoms with Gasteiger partial charge in [-0.3, -0.25) is 19.2 Å². The molecule has 0 atom stereocenters. The summed E-state index contributed by atoms with van der Waals surface area (Å²) in [5.41, 5.74) is 6.84. The summed E-state index contributed by atoms with van der Waals surface area (Å²) >= 11 is 0. The number of nitrogens with one attached hydrogen (secondary N) is 1. The van der Waals surface area contributed by atoms with Crippen LogP contribution in [0.15, 0.2) is 41.5 Å². The number of fused-ring (bicyclic) bond motifs is 1. The maximum Gasteiger partial charge on any atom is 0.254 e. The second kappa shape index (κ2) is 8.98. The summed E-state index contributed by atoms with van der Waals surface area (Å²) in [5.74, 6) is 0.771. The van der Waals surface area contributed by atoms with E-state index in [1.165, 1.54) is 0 Å². The van der Waals surface area contributed by atoms with Gasteiger partial charge in [0.15, 0.2) is 0 Å². The number of hydrogen-bond acceptors (Lipinski definition) is 6. The summed E-state index contributed by atoms with van der Waals surface area (Å²) in [6.07, 6.45) is 1.85. The zero-order valence-electron chi connectivity index (χ0n) is 20.8. The Kier molecular flexibility index (Phi) is 5.84. The van der Waals surface area contributed by atoms with Gasteiger partial charge in [-0.15, -0.1) is 0 Å². The lowest BCUT2D eigenvalue weighted by Gasteiger charge is -2.19. The van der Waals surface area contributed by atoms with E-state index in [1.807, 2.05) is 69.2 Å². The minimum atomic E-state index is -0.0640. The maximum absolute atomic E-state index is 13.7. The molecule has 0 unspecified atom stereocenters. The largest absolute Gasteiger partial charge is 0.367 e. The average molecular weight is 471 g/mol. The van der Waals surface area contributed by atoms with Gasteiger partial charge in [0, 0.05) is 50.4 Å². The first-order chi connectivity index (χ1) is 16.9. The van der Waals surface area contributed by atoms with E-state index >= 15 is 0 Å². The Bertz CT molecular complexity index is 1460. The summed E-state index contributed by atoms with van der Waals surface area (Å²) < 4.78 is 3.74. The fraction of sp³-hybridized carbons (Fsp3) is 0.346. The molecule has 0 fully saturated rings. The van der Waals surface area contributed by atoms with Crippen LogP contribution in [0.3, 0.4) is 0 Å². The minimum Gasteiger partial charge on any atom is -0.367 e. The van der Waals surface area contributed by atoms with Crippen molar-refractivity contribution in [3.05, 3.63) is 64.6 Å². The van der Waals surface area contributed by atoms with Crippen LogP contribution in [0.2, 0.25) is 0 Å². The Morgan fingerprint density at radius 1 is 1.17 bits per heavy atom. The molecule has 0 radical (unpaired) electrons. The molecule has 0 saturated carbocycles. The van der Waals surface area contributed by atoms with Crippen LogP contribution in [0.25, 0.3) is 22.3 Å². The van der Waals surface area contributed by atoms with E-state index in [9.17, 15) is 4.79 Å². The molecule has 1 N–H and O–H groups in total. The lowest BCUT2D eigenvalue weighted by Crippen LogP contribution is -2.27. The molecule has 180 valence electrons. The quantitative estimate of drug-likeness (QED) is 0.467. The van der Waals surface area contributed by atoms with Gasteiger partial charge in [0.05, 0.1) is 29.5 Å². The highest BCUT2D eigenvalue weighted by molar-refractivity contribution is 6.07. The molecule has 5 rings (SSSR count).